The molecule has 3 amide bonds. The lowest BCUT2D eigenvalue weighted by Gasteiger charge is -2.48. The van der Waals surface area contributed by atoms with Gasteiger partial charge in [-0.1, -0.05) is 128 Å². The van der Waals surface area contributed by atoms with Crippen molar-refractivity contribution < 1.29 is 81.0 Å². The zero-order valence-electron chi connectivity index (χ0n) is 60.0. The molecule has 20 nitrogen and oxygen atoms in total. The van der Waals surface area contributed by atoms with Crippen LogP contribution in [0.1, 0.15) is 239 Å². The maximum Gasteiger partial charge on any atom is 0.483 e. The smallest absolute Gasteiger partial charge is 0.479 e. The first-order chi connectivity index (χ1) is 44.6. The number of nitrogens with one attached hydrogen (secondary N) is 3. The van der Waals surface area contributed by atoms with E-state index in [9.17, 15) is 53.4 Å². The van der Waals surface area contributed by atoms with Gasteiger partial charge in [0.15, 0.2) is 18.7 Å². The minimum Gasteiger partial charge on any atom is -0.479 e. The van der Waals surface area contributed by atoms with E-state index in [2.05, 4.69) is 157 Å². The summed E-state index contributed by atoms with van der Waals surface area (Å²) in [5.41, 5.74) is 15.1. The molecule has 3 unspecified atom stereocenters. The molecule has 0 aromatic rings. The molecule has 538 valence electrons. The normalized spacial score (nSPS) is 24.6. The van der Waals surface area contributed by atoms with Crippen LogP contribution in [0.4, 0.5) is 0 Å². The van der Waals surface area contributed by atoms with Gasteiger partial charge in [0.1, 0.15) is 30.4 Å². The molecule has 2 fully saturated rings. The summed E-state index contributed by atoms with van der Waals surface area (Å²) in [6.45, 7) is 30.2. The Kier molecular flexibility index (Phi) is 41.4. The van der Waals surface area contributed by atoms with Crippen molar-refractivity contribution in [3.8, 4) is 0 Å². The van der Waals surface area contributed by atoms with Crippen molar-refractivity contribution >= 4 is 39.3 Å². The topological polar surface area (TPSA) is 295 Å². The Bertz CT molecular complexity index is 2910. The number of hydrogen-bond acceptors (Lipinski definition) is 14. The molecule has 0 radical (unpaired) electrons. The number of carbonyl (C=O) groups is 4. The highest BCUT2D eigenvalue weighted by molar-refractivity contribution is 7.61. The van der Waals surface area contributed by atoms with Gasteiger partial charge in [-0.15, -0.1) is 0 Å². The first-order valence-corrected chi connectivity index (χ1v) is 36.8. The van der Waals surface area contributed by atoms with Crippen LogP contribution >= 0.6 is 15.6 Å². The van der Waals surface area contributed by atoms with Gasteiger partial charge < -0.3 is 55.3 Å². The van der Waals surface area contributed by atoms with E-state index in [0.717, 1.165) is 142 Å². The van der Waals surface area contributed by atoms with Crippen molar-refractivity contribution in [2.45, 2.75) is 300 Å². The van der Waals surface area contributed by atoms with Gasteiger partial charge in [-0.3, -0.25) is 23.4 Å². The maximum atomic E-state index is 13.3. The molecule has 0 aromatic carbocycles. The first kappa shape index (κ1) is 86.2. The molecule has 0 spiro atoms. The lowest BCUT2D eigenvalue weighted by atomic mass is 9.92. The van der Waals surface area contributed by atoms with Gasteiger partial charge in [0, 0.05) is 20.8 Å². The van der Waals surface area contributed by atoms with Crippen LogP contribution in [0.15, 0.2) is 128 Å². The molecule has 95 heavy (non-hydrogen) atoms. The fourth-order valence-corrected chi connectivity index (χ4v) is 13.0. The largest absolute Gasteiger partial charge is 0.483 e. The number of rotatable bonds is 43. The number of carboxylic acids is 1. The fourth-order valence-electron chi connectivity index (χ4n) is 10.9. The van der Waals surface area contributed by atoms with Crippen molar-refractivity contribution in [1.29, 1.82) is 0 Å². The van der Waals surface area contributed by atoms with E-state index in [1.54, 1.807) is 6.92 Å². The number of aliphatic carboxylic acids is 1. The van der Waals surface area contributed by atoms with Gasteiger partial charge in [0.2, 0.25) is 17.7 Å². The third-order valence-corrected chi connectivity index (χ3v) is 19.2. The van der Waals surface area contributed by atoms with E-state index in [0.29, 0.717) is 12.8 Å². The third kappa shape index (κ3) is 38.1. The number of carboxylic acid groups (broad SMARTS) is 1. The highest BCUT2D eigenvalue weighted by Crippen LogP contribution is 2.61. The summed E-state index contributed by atoms with van der Waals surface area (Å²) in [6.07, 6.45) is 33.1. The third-order valence-electron chi connectivity index (χ3n) is 16.6. The summed E-state index contributed by atoms with van der Waals surface area (Å²) in [5.74, 6) is -3.97. The molecule has 2 saturated heterocycles. The molecule has 22 heteroatoms. The predicted octanol–water partition coefficient (Wildman–Crippen LogP) is 15.6. The molecular weight excluding hydrogens is 1250 g/mol. The van der Waals surface area contributed by atoms with Crippen LogP contribution < -0.4 is 16.0 Å². The van der Waals surface area contributed by atoms with Crippen LogP contribution in [0, 0.1) is 0 Å². The van der Waals surface area contributed by atoms with E-state index in [-0.39, 0.29) is 0 Å². The second-order valence-corrected chi connectivity index (χ2v) is 29.3. The molecule has 2 aliphatic rings. The van der Waals surface area contributed by atoms with Gasteiger partial charge in [0.05, 0.1) is 18.8 Å². The first-order valence-electron chi connectivity index (χ1n) is 33.8. The summed E-state index contributed by atoms with van der Waals surface area (Å²) in [7, 11) is -11.0. The molecule has 0 saturated carbocycles. The van der Waals surface area contributed by atoms with Gasteiger partial charge in [-0.05, 0) is 218 Å². The Balaban J connectivity index is 1.76. The Labute approximate surface area is 568 Å². The summed E-state index contributed by atoms with van der Waals surface area (Å²) in [4.78, 5) is 70.2. The summed E-state index contributed by atoms with van der Waals surface area (Å²) in [5, 5.41) is 39.1. The molecule has 2 rings (SSSR count). The Morgan fingerprint density at radius 2 is 0.716 bits per heavy atom. The van der Waals surface area contributed by atoms with Crippen LogP contribution in [0.3, 0.4) is 0 Å². The van der Waals surface area contributed by atoms with Crippen LogP contribution in [0.2, 0.25) is 0 Å². The molecule has 2 aliphatic heterocycles. The molecule has 0 aliphatic carbocycles. The summed E-state index contributed by atoms with van der Waals surface area (Å²) in [6, 6.07) is -4.81. The Morgan fingerprint density at radius 1 is 0.411 bits per heavy atom. The monoisotopic (exact) mass is 1370 g/mol. The van der Waals surface area contributed by atoms with Crippen molar-refractivity contribution in [3.63, 3.8) is 0 Å². The second-order valence-electron chi connectivity index (χ2n) is 26.3. The maximum absolute atomic E-state index is 13.3. The molecule has 2 heterocycles. The van der Waals surface area contributed by atoms with Crippen LogP contribution in [-0.2, 0) is 55.9 Å². The van der Waals surface area contributed by atoms with E-state index in [1.165, 1.54) is 68.7 Å². The van der Waals surface area contributed by atoms with E-state index in [4.69, 9.17) is 23.3 Å². The minimum absolute atomic E-state index is 0.486. The van der Waals surface area contributed by atoms with E-state index in [1.807, 2.05) is 0 Å². The van der Waals surface area contributed by atoms with Crippen molar-refractivity contribution in [3.05, 3.63) is 128 Å². The number of amides is 3. The molecular formula is C73H119N3O17P2. The quantitative estimate of drug-likeness (QED) is 0.0208. The van der Waals surface area contributed by atoms with Gasteiger partial charge in [0.25, 0.3) is 0 Å². The fraction of sp³-hybridized carbons (Fsp3) is 0.644. The molecule has 8 N–H and O–H groups in total. The van der Waals surface area contributed by atoms with E-state index >= 15 is 0 Å². The highest BCUT2D eigenvalue weighted by Gasteiger charge is 2.55. The lowest BCUT2D eigenvalue weighted by molar-refractivity contribution is -0.305. The highest BCUT2D eigenvalue weighted by atomic mass is 31.3. The predicted molar refractivity (Wildman–Crippen MR) is 377 cm³/mol. The van der Waals surface area contributed by atoms with Gasteiger partial charge in [-0.25, -0.2) is 13.9 Å². The van der Waals surface area contributed by atoms with Crippen LogP contribution in [0.5, 0.6) is 0 Å². The minimum atomic E-state index is -5.65. The van der Waals surface area contributed by atoms with Crippen molar-refractivity contribution in [1.82, 2.24) is 16.0 Å². The lowest BCUT2D eigenvalue weighted by Crippen LogP contribution is -2.72. The standard InChI is InChI=1S/C73H119N3O17P2/c1-49(2)27-17-28-50(3)29-18-30-51(4)31-19-32-52(5)33-20-34-53(6)35-21-36-54(7)37-22-38-55(8)39-23-40-56(9)41-24-42-57(10)43-25-44-58(11)45-26-46-59(12)47-48-88-94(84,85)93-95(86,87)92-73-66(76-63(16)79)69(67(80)60(13)89-73)90-72-65(75-62(15)78)64(74-61(14)77)68(81)70(91-72)71(82)83/h27,29,31,33,35,37,39,41,43,45,47,60,64-70,72-73,80-81H,17-26,28,30,32,34,36,38,40,42,44,46,48H2,1-16H3,(H,74,77)(H,75,78)(H,76,79)(H,82,83)(H,84,85)(H,86,87)/b50-29+,51-31+,52-33-,53-35-,54-37-,55-39-,56-41-,57-43-,58-45-,59-47-/t60-,64-,65+,66-,67+,68+,69-,70+,72-,73?/m1/s1. The SMILES string of the molecule is CC(=O)N[C@@H]1[C@H](O[C@H]2[C@@H](O)[C@@H](C)OC(OP(=O)(O)OP(=O)(O)OC/C=C(/C)CC/C=C(/C)CC/C=C(/C)CC/C=C(/C)CC/C=C(/C)CC/C=C(/C)CC/C=C(/C)CC/C=C(/C)CC/C=C(\C)CC/C=C(\C)CCC=C(C)C)[C@@H]2NC(C)=O)O[C@H](C(=O)O)[C@@H](O)[C@@H]1NC(C)=O. The summed E-state index contributed by atoms with van der Waals surface area (Å²) < 4.78 is 58.1. The molecule has 0 aromatic heterocycles. The second kappa shape index (κ2) is 45.6. The number of carbonyl (C=O) groups excluding carboxylic acids is 3. The van der Waals surface area contributed by atoms with Crippen LogP contribution in [-0.4, -0.2) is 117 Å². The average molecular weight is 1370 g/mol. The Hall–Kier alpha value is -4.92. The summed E-state index contributed by atoms with van der Waals surface area (Å²) >= 11 is 0. The number of hydrogen-bond donors (Lipinski definition) is 8. The van der Waals surface area contributed by atoms with Gasteiger partial charge in [-0.2, -0.15) is 4.31 Å². The molecule has 12 atom stereocenters. The average Bonchev–Trinajstić information content (AvgIpc) is 0.776. The molecule has 0 bridgehead atoms. The van der Waals surface area contributed by atoms with Crippen molar-refractivity contribution in [2.24, 2.45) is 0 Å². The van der Waals surface area contributed by atoms with Crippen molar-refractivity contribution in [2.75, 3.05) is 6.61 Å². The number of phosphoric acid groups is 2. The van der Waals surface area contributed by atoms with Crippen LogP contribution in [0.25, 0.3) is 0 Å². The number of phosphoric ester groups is 2. The van der Waals surface area contributed by atoms with Gasteiger partial charge >= 0.3 is 21.6 Å². The number of aliphatic hydroxyl groups is 2. The number of ether oxygens (including phenoxy) is 3. The number of aliphatic hydroxyl groups excluding tert-OH is 2. The zero-order valence-corrected chi connectivity index (χ0v) is 61.8. The zero-order chi connectivity index (χ0) is 71.4. The number of allylic oxidation sites excluding steroid dienone is 21. The Morgan fingerprint density at radius 3 is 1.03 bits per heavy atom. The van der Waals surface area contributed by atoms with E-state index < -0.39 is 107 Å².